The Morgan fingerprint density at radius 3 is 2.70 bits per heavy atom. The van der Waals surface area contributed by atoms with Gasteiger partial charge in [0.2, 0.25) is 0 Å². The molecule has 0 unspecified atom stereocenters. The third kappa shape index (κ3) is 3.60. The highest BCUT2D eigenvalue weighted by Crippen LogP contribution is 2.17. The van der Waals surface area contributed by atoms with Gasteiger partial charge < -0.3 is 9.30 Å². The van der Waals surface area contributed by atoms with Crippen LogP contribution in [0.25, 0.3) is 10.2 Å². The van der Waals surface area contributed by atoms with Gasteiger partial charge in [0.15, 0.2) is 4.80 Å². The van der Waals surface area contributed by atoms with Gasteiger partial charge >= 0.3 is 0 Å². The molecule has 1 aromatic heterocycles. The smallest absolute Gasteiger partial charge is 0.279 e. The summed E-state index contributed by atoms with van der Waals surface area (Å²) in [5, 5.41) is 0. The Kier molecular flexibility index (Phi) is 5.05. The SMILES string of the molecule is COCCn1c(=NC(=O)c2ccc(Br)cc2)sc2ccccc21. The van der Waals surface area contributed by atoms with Crippen molar-refractivity contribution in [1.29, 1.82) is 0 Å². The summed E-state index contributed by atoms with van der Waals surface area (Å²) in [7, 11) is 1.67. The molecule has 4 nitrogen and oxygen atoms in total. The summed E-state index contributed by atoms with van der Waals surface area (Å²) in [5.74, 6) is -0.241. The number of amides is 1. The van der Waals surface area contributed by atoms with Gasteiger partial charge in [0.05, 0.1) is 16.8 Å². The number of methoxy groups -OCH3 is 1. The molecule has 1 amide bonds. The van der Waals surface area contributed by atoms with E-state index >= 15 is 0 Å². The molecule has 0 N–H and O–H groups in total. The molecule has 23 heavy (non-hydrogen) atoms. The first-order valence-electron chi connectivity index (χ1n) is 7.11. The summed E-state index contributed by atoms with van der Waals surface area (Å²) in [6, 6.07) is 15.3. The van der Waals surface area contributed by atoms with Crippen molar-refractivity contribution >= 4 is 43.4 Å². The lowest BCUT2D eigenvalue weighted by molar-refractivity contribution is 0.0997. The molecule has 0 fully saturated rings. The Bertz CT molecular complexity index is 897. The molecular formula is C17H15BrN2O2S. The summed E-state index contributed by atoms with van der Waals surface area (Å²) >= 11 is 4.88. The Balaban J connectivity index is 2.06. The third-order valence-corrected chi connectivity index (χ3v) is 4.98. The van der Waals surface area contributed by atoms with Crippen LogP contribution >= 0.6 is 27.3 Å². The van der Waals surface area contributed by atoms with Crippen LogP contribution in [0.1, 0.15) is 10.4 Å². The van der Waals surface area contributed by atoms with Crippen molar-refractivity contribution in [3.8, 4) is 0 Å². The molecule has 0 bridgehead atoms. The van der Waals surface area contributed by atoms with Crippen LogP contribution < -0.4 is 4.80 Å². The van der Waals surface area contributed by atoms with Crippen LogP contribution in [0.4, 0.5) is 0 Å². The van der Waals surface area contributed by atoms with E-state index in [1.165, 1.54) is 11.3 Å². The van der Waals surface area contributed by atoms with E-state index in [4.69, 9.17) is 4.74 Å². The topological polar surface area (TPSA) is 43.6 Å². The molecule has 0 aliphatic carbocycles. The Labute approximate surface area is 146 Å². The fourth-order valence-corrected chi connectivity index (χ4v) is 3.57. The van der Waals surface area contributed by atoms with Crippen LogP contribution in [-0.4, -0.2) is 24.2 Å². The molecule has 0 spiro atoms. The molecule has 3 aromatic rings. The van der Waals surface area contributed by atoms with E-state index < -0.39 is 0 Å². The monoisotopic (exact) mass is 390 g/mol. The molecule has 118 valence electrons. The predicted molar refractivity (Wildman–Crippen MR) is 95.7 cm³/mol. The molecule has 1 heterocycles. The number of halogens is 1. The van der Waals surface area contributed by atoms with Gasteiger partial charge in [-0.15, -0.1) is 0 Å². The van der Waals surface area contributed by atoms with Crippen LogP contribution in [0.2, 0.25) is 0 Å². The molecule has 0 aliphatic heterocycles. The Hall–Kier alpha value is -1.76. The second-order valence-corrected chi connectivity index (χ2v) is 6.85. The largest absolute Gasteiger partial charge is 0.383 e. The molecule has 6 heteroatoms. The van der Waals surface area contributed by atoms with Crippen LogP contribution in [0.15, 0.2) is 58.0 Å². The Morgan fingerprint density at radius 1 is 1.22 bits per heavy atom. The maximum absolute atomic E-state index is 12.4. The van der Waals surface area contributed by atoms with E-state index in [0.29, 0.717) is 23.5 Å². The van der Waals surface area contributed by atoms with Crippen LogP contribution in [0, 0.1) is 0 Å². The lowest BCUT2D eigenvalue weighted by Gasteiger charge is -2.03. The fourth-order valence-electron chi connectivity index (χ4n) is 2.25. The van der Waals surface area contributed by atoms with Crippen LogP contribution in [0.5, 0.6) is 0 Å². The van der Waals surface area contributed by atoms with Crippen molar-refractivity contribution in [3.63, 3.8) is 0 Å². The number of carbonyl (C=O) groups is 1. The van der Waals surface area contributed by atoms with Gasteiger partial charge in [0, 0.05) is 23.7 Å². The standard InChI is InChI=1S/C17H15BrN2O2S/c1-22-11-10-20-14-4-2-3-5-15(14)23-17(20)19-16(21)12-6-8-13(18)9-7-12/h2-9H,10-11H2,1H3. The number of rotatable bonds is 4. The summed E-state index contributed by atoms with van der Waals surface area (Å²) in [5.41, 5.74) is 1.64. The number of fused-ring (bicyclic) bond motifs is 1. The fraction of sp³-hybridized carbons (Fsp3) is 0.176. The first-order chi connectivity index (χ1) is 11.2. The highest BCUT2D eigenvalue weighted by atomic mass is 79.9. The van der Waals surface area contributed by atoms with Gasteiger partial charge in [-0.2, -0.15) is 4.99 Å². The first-order valence-corrected chi connectivity index (χ1v) is 8.72. The highest BCUT2D eigenvalue weighted by molar-refractivity contribution is 9.10. The number of carbonyl (C=O) groups excluding carboxylic acids is 1. The molecule has 0 atom stereocenters. The van der Waals surface area contributed by atoms with E-state index in [1.807, 2.05) is 41.0 Å². The second kappa shape index (κ2) is 7.21. The predicted octanol–water partition coefficient (Wildman–Crippen LogP) is 3.85. The van der Waals surface area contributed by atoms with Crippen molar-refractivity contribution < 1.29 is 9.53 Å². The molecule has 2 aromatic carbocycles. The zero-order chi connectivity index (χ0) is 16.2. The number of hydrogen-bond donors (Lipinski definition) is 0. The van der Waals surface area contributed by atoms with Gasteiger partial charge in [-0.1, -0.05) is 39.4 Å². The maximum Gasteiger partial charge on any atom is 0.279 e. The van der Waals surface area contributed by atoms with Crippen LogP contribution in [0.3, 0.4) is 0 Å². The van der Waals surface area contributed by atoms with E-state index in [0.717, 1.165) is 14.7 Å². The van der Waals surface area contributed by atoms with E-state index in [2.05, 4.69) is 20.9 Å². The van der Waals surface area contributed by atoms with E-state index in [-0.39, 0.29) is 5.91 Å². The lowest BCUT2D eigenvalue weighted by Crippen LogP contribution is -2.19. The molecule has 0 saturated carbocycles. The number of hydrogen-bond acceptors (Lipinski definition) is 3. The number of para-hydroxylation sites is 1. The number of nitrogens with zero attached hydrogens (tertiary/aromatic N) is 2. The van der Waals surface area contributed by atoms with E-state index in [1.54, 1.807) is 19.2 Å². The summed E-state index contributed by atoms with van der Waals surface area (Å²) in [6.45, 7) is 1.23. The highest BCUT2D eigenvalue weighted by Gasteiger charge is 2.08. The minimum Gasteiger partial charge on any atom is -0.383 e. The van der Waals surface area contributed by atoms with Crippen molar-refractivity contribution in [2.75, 3.05) is 13.7 Å². The average Bonchev–Trinajstić information content (AvgIpc) is 2.90. The minimum atomic E-state index is -0.241. The summed E-state index contributed by atoms with van der Waals surface area (Å²) < 4.78 is 9.24. The normalized spacial score (nSPS) is 12.0. The third-order valence-electron chi connectivity index (χ3n) is 3.40. The molecule has 0 radical (unpaired) electrons. The summed E-state index contributed by atoms with van der Waals surface area (Å²) in [4.78, 5) is 17.4. The van der Waals surface area contributed by atoms with Crippen molar-refractivity contribution in [2.24, 2.45) is 4.99 Å². The molecule has 3 rings (SSSR count). The second-order valence-electron chi connectivity index (χ2n) is 4.92. The quantitative estimate of drug-likeness (QED) is 0.678. The zero-order valence-electron chi connectivity index (χ0n) is 12.5. The molecule has 0 saturated heterocycles. The zero-order valence-corrected chi connectivity index (χ0v) is 14.9. The Morgan fingerprint density at radius 2 is 1.96 bits per heavy atom. The van der Waals surface area contributed by atoms with Gasteiger partial charge in [0.25, 0.3) is 5.91 Å². The number of benzene rings is 2. The molecule has 0 aliphatic rings. The van der Waals surface area contributed by atoms with Gasteiger partial charge in [-0.3, -0.25) is 4.79 Å². The minimum absolute atomic E-state index is 0.241. The van der Waals surface area contributed by atoms with Gasteiger partial charge in [0.1, 0.15) is 0 Å². The van der Waals surface area contributed by atoms with Crippen molar-refractivity contribution in [3.05, 3.63) is 63.4 Å². The van der Waals surface area contributed by atoms with Crippen molar-refractivity contribution in [1.82, 2.24) is 4.57 Å². The van der Waals surface area contributed by atoms with Gasteiger partial charge in [-0.25, -0.2) is 0 Å². The van der Waals surface area contributed by atoms with Crippen LogP contribution in [-0.2, 0) is 11.3 Å². The van der Waals surface area contributed by atoms with Gasteiger partial charge in [-0.05, 0) is 36.4 Å². The first kappa shape index (κ1) is 16.1. The average molecular weight is 391 g/mol. The van der Waals surface area contributed by atoms with E-state index in [9.17, 15) is 4.79 Å². The lowest BCUT2D eigenvalue weighted by atomic mass is 10.2. The number of aromatic nitrogens is 1. The van der Waals surface area contributed by atoms with Crippen molar-refractivity contribution in [2.45, 2.75) is 6.54 Å². The maximum atomic E-state index is 12.4. The summed E-state index contributed by atoms with van der Waals surface area (Å²) in [6.07, 6.45) is 0. The molecular weight excluding hydrogens is 376 g/mol. The number of ether oxygens (including phenoxy) is 1. The number of thiazole rings is 1.